The molecule has 13 heavy (non-hydrogen) atoms. The van der Waals surface area contributed by atoms with E-state index in [1.54, 1.807) is 6.92 Å². The van der Waals surface area contributed by atoms with Crippen molar-refractivity contribution in [3.63, 3.8) is 0 Å². The zero-order valence-electron chi connectivity index (χ0n) is 7.48. The molecule has 0 amide bonds. The van der Waals surface area contributed by atoms with Crippen molar-refractivity contribution in [1.82, 2.24) is 0 Å². The van der Waals surface area contributed by atoms with Crippen molar-refractivity contribution in [3.8, 4) is 0 Å². The molecule has 0 spiro atoms. The van der Waals surface area contributed by atoms with Gasteiger partial charge in [0.05, 0.1) is 22.5 Å². The molecule has 0 aliphatic heterocycles. The number of carbonyl (C=O) groups excluding carboxylic acids is 1. The van der Waals surface area contributed by atoms with Gasteiger partial charge < -0.3 is 14.0 Å². The van der Waals surface area contributed by atoms with Crippen LogP contribution in [-0.4, -0.2) is 38.1 Å². The average Bonchev–Trinajstić information content (AvgIpc) is 1.84. The molecule has 0 fully saturated rings. The van der Waals surface area contributed by atoms with E-state index in [4.69, 9.17) is 0 Å². The van der Waals surface area contributed by atoms with Gasteiger partial charge in [-0.3, -0.25) is 0 Å². The number of hydrogen-bond donors (Lipinski definition) is 0. The molecular formula is C5H9LiO6S. The third kappa shape index (κ3) is 11.8. The van der Waals surface area contributed by atoms with E-state index in [2.05, 4.69) is 9.47 Å². The van der Waals surface area contributed by atoms with Gasteiger partial charge in [-0.05, 0) is 6.92 Å². The predicted molar refractivity (Wildman–Crippen MR) is 37.5 cm³/mol. The first-order valence-corrected chi connectivity index (χ1v) is 4.76. The van der Waals surface area contributed by atoms with Crippen LogP contribution < -0.4 is 18.9 Å². The van der Waals surface area contributed by atoms with Crippen LogP contribution in [0.15, 0.2) is 0 Å². The van der Waals surface area contributed by atoms with E-state index in [1.165, 1.54) is 0 Å². The third-order valence-corrected chi connectivity index (χ3v) is 1.48. The summed E-state index contributed by atoms with van der Waals surface area (Å²) in [6.07, 6.45) is -0.971. The molecule has 0 atom stereocenters. The van der Waals surface area contributed by atoms with Crippen LogP contribution in [-0.2, 0) is 19.6 Å². The number of hydrogen-bond acceptors (Lipinski definition) is 6. The Morgan fingerprint density at radius 2 is 1.92 bits per heavy atom. The summed E-state index contributed by atoms with van der Waals surface area (Å²) in [5, 5.41) is 0. The van der Waals surface area contributed by atoms with Crippen molar-refractivity contribution >= 4 is 16.3 Å². The van der Waals surface area contributed by atoms with Gasteiger partial charge in [-0.25, -0.2) is 13.2 Å². The monoisotopic (exact) mass is 204 g/mol. The molecule has 0 saturated carbocycles. The number of ether oxygens (including phenoxy) is 2. The SMILES string of the molecule is CCOC(=O)OCCS(=O)(=O)[O-].[Li+]. The van der Waals surface area contributed by atoms with Gasteiger partial charge in [-0.1, -0.05) is 0 Å². The van der Waals surface area contributed by atoms with E-state index in [0.717, 1.165) is 0 Å². The maximum Gasteiger partial charge on any atom is 1.00 e. The summed E-state index contributed by atoms with van der Waals surface area (Å²) in [6.45, 7) is 1.25. The van der Waals surface area contributed by atoms with Crippen LogP contribution in [0.25, 0.3) is 0 Å². The first-order valence-electron chi connectivity index (χ1n) is 3.19. The van der Waals surface area contributed by atoms with Crippen molar-refractivity contribution in [3.05, 3.63) is 0 Å². The van der Waals surface area contributed by atoms with Gasteiger partial charge >= 0.3 is 25.0 Å². The van der Waals surface area contributed by atoms with E-state index in [9.17, 15) is 17.8 Å². The quantitative estimate of drug-likeness (QED) is 0.270. The Kier molecular flexibility index (Phi) is 8.46. The van der Waals surface area contributed by atoms with Crippen molar-refractivity contribution in [2.45, 2.75) is 6.92 Å². The minimum Gasteiger partial charge on any atom is -0.748 e. The predicted octanol–water partition coefficient (Wildman–Crippen LogP) is -3.29. The molecule has 0 saturated heterocycles. The number of carbonyl (C=O) groups is 1. The maximum atomic E-state index is 10.4. The molecule has 0 radical (unpaired) electrons. The molecule has 0 aliphatic rings. The van der Waals surface area contributed by atoms with Gasteiger partial charge in [0.1, 0.15) is 6.61 Å². The fourth-order valence-electron chi connectivity index (χ4n) is 0.387. The van der Waals surface area contributed by atoms with Crippen LogP contribution in [0.2, 0.25) is 0 Å². The summed E-state index contributed by atoms with van der Waals surface area (Å²) < 4.78 is 38.5. The Morgan fingerprint density at radius 1 is 1.38 bits per heavy atom. The Morgan fingerprint density at radius 3 is 2.31 bits per heavy atom. The molecular weight excluding hydrogens is 195 g/mol. The molecule has 8 heteroatoms. The second-order valence-electron chi connectivity index (χ2n) is 1.79. The Balaban J connectivity index is 0. The van der Waals surface area contributed by atoms with Gasteiger partial charge in [0, 0.05) is 0 Å². The van der Waals surface area contributed by atoms with Gasteiger partial charge in [0.15, 0.2) is 0 Å². The first kappa shape index (κ1) is 15.3. The molecule has 0 aromatic heterocycles. The zero-order valence-corrected chi connectivity index (χ0v) is 8.30. The van der Waals surface area contributed by atoms with Crippen LogP contribution in [0.4, 0.5) is 4.79 Å². The van der Waals surface area contributed by atoms with Gasteiger partial charge in [0.2, 0.25) is 0 Å². The summed E-state index contributed by atoms with van der Waals surface area (Å²) in [6, 6.07) is 0. The molecule has 0 heterocycles. The number of rotatable bonds is 4. The Bertz CT molecular complexity index is 235. The molecule has 0 aromatic rings. The van der Waals surface area contributed by atoms with Gasteiger partial charge in [-0.2, -0.15) is 0 Å². The summed E-state index contributed by atoms with van der Waals surface area (Å²) in [7, 11) is -4.32. The largest absolute Gasteiger partial charge is 1.00 e. The maximum absolute atomic E-state index is 10.4. The molecule has 0 rings (SSSR count). The topological polar surface area (TPSA) is 92.7 Å². The Hall–Kier alpha value is -0.223. The van der Waals surface area contributed by atoms with Gasteiger partial charge in [0.25, 0.3) is 0 Å². The van der Waals surface area contributed by atoms with E-state index in [1.807, 2.05) is 0 Å². The molecule has 0 aliphatic carbocycles. The summed E-state index contributed by atoms with van der Waals surface area (Å²) in [5.74, 6) is -0.730. The first-order chi connectivity index (χ1) is 5.45. The molecule has 0 unspecified atom stereocenters. The van der Waals surface area contributed by atoms with Crippen LogP contribution in [0, 0.1) is 0 Å². The third-order valence-electron chi connectivity index (χ3n) is 0.815. The average molecular weight is 204 g/mol. The fourth-order valence-corrected chi connectivity index (χ4v) is 0.674. The zero-order chi connectivity index (χ0) is 9.61. The standard InChI is InChI=1S/C5H10O6S.Li/c1-2-10-5(6)11-3-4-12(7,8)9;/h2-4H2,1H3,(H,7,8,9);/q;+1/p-1. The van der Waals surface area contributed by atoms with Crippen molar-refractivity contribution in [1.29, 1.82) is 0 Å². The summed E-state index contributed by atoms with van der Waals surface area (Å²) in [4.78, 5) is 10.4. The van der Waals surface area contributed by atoms with Crippen molar-refractivity contribution in [2.75, 3.05) is 19.0 Å². The second kappa shape index (κ2) is 7.21. The Labute approximate surface area is 88.5 Å². The molecule has 6 nitrogen and oxygen atoms in total. The molecule has 72 valence electrons. The van der Waals surface area contributed by atoms with Crippen molar-refractivity contribution < 1.29 is 46.1 Å². The smallest absolute Gasteiger partial charge is 0.748 e. The van der Waals surface area contributed by atoms with Crippen LogP contribution in [0.5, 0.6) is 0 Å². The minimum absolute atomic E-state index is 0. The van der Waals surface area contributed by atoms with Crippen LogP contribution in [0.1, 0.15) is 6.92 Å². The molecule has 0 aromatic carbocycles. The summed E-state index contributed by atoms with van der Waals surface area (Å²) >= 11 is 0. The molecule has 0 N–H and O–H groups in total. The van der Waals surface area contributed by atoms with Crippen molar-refractivity contribution in [2.24, 2.45) is 0 Å². The normalized spacial score (nSPS) is 10.0. The summed E-state index contributed by atoms with van der Waals surface area (Å²) in [5.41, 5.74) is 0. The molecule has 0 bridgehead atoms. The van der Waals surface area contributed by atoms with E-state index in [-0.39, 0.29) is 25.5 Å². The van der Waals surface area contributed by atoms with Crippen LogP contribution >= 0.6 is 0 Å². The second-order valence-corrected chi connectivity index (χ2v) is 3.32. The van der Waals surface area contributed by atoms with E-state index in [0.29, 0.717) is 0 Å². The van der Waals surface area contributed by atoms with E-state index >= 15 is 0 Å². The fraction of sp³-hybridized carbons (Fsp3) is 0.800. The van der Waals surface area contributed by atoms with Gasteiger partial charge in [-0.15, -0.1) is 0 Å². The van der Waals surface area contributed by atoms with E-state index < -0.39 is 28.6 Å². The van der Waals surface area contributed by atoms with Crippen LogP contribution in [0.3, 0.4) is 0 Å². The minimum atomic E-state index is -4.32.